The zero-order chi connectivity index (χ0) is 16.0. The lowest BCUT2D eigenvalue weighted by Crippen LogP contribution is -2.45. The molecule has 0 aromatic carbocycles. The predicted molar refractivity (Wildman–Crippen MR) is 90.1 cm³/mol. The van der Waals surface area contributed by atoms with Gasteiger partial charge in [0.05, 0.1) is 12.2 Å². The maximum atomic E-state index is 5.51. The van der Waals surface area contributed by atoms with E-state index in [1.807, 2.05) is 0 Å². The molecule has 0 N–H and O–H groups in total. The highest BCUT2D eigenvalue weighted by atomic mass is 16.5. The SMILES string of the molecule is CC(C)C1(C(C)(C)C)CCc2c(cnn2C2CCOCC2)C1. The Labute approximate surface area is 135 Å². The highest BCUT2D eigenvalue weighted by Crippen LogP contribution is 2.53. The summed E-state index contributed by atoms with van der Waals surface area (Å²) in [6.45, 7) is 13.8. The summed E-state index contributed by atoms with van der Waals surface area (Å²) in [5.74, 6) is 0.701. The molecule has 1 aromatic rings. The summed E-state index contributed by atoms with van der Waals surface area (Å²) in [4.78, 5) is 0. The molecule has 1 aliphatic heterocycles. The number of aromatic nitrogens is 2. The fourth-order valence-electron chi connectivity index (χ4n) is 4.86. The molecule has 1 aliphatic carbocycles. The minimum absolute atomic E-state index is 0.333. The predicted octanol–water partition coefficient (Wildman–Crippen LogP) is 4.41. The molecule has 22 heavy (non-hydrogen) atoms. The smallest absolute Gasteiger partial charge is 0.0566 e. The van der Waals surface area contributed by atoms with Crippen LogP contribution >= 0.6 is 0 Å². The molecule has 124 valence electrons. The molecule has 1 saturated heterocycles. The van der Waals surface area contributed by atoms with Gasteiger partial charge in [-0.1, -0.05) is 34.6 Å². The van der Waals surface area contributed by atoms with E-state index in [9.17, 15) is 0 Å². The van der Waals surface area contributed by atoms with Gasteiger partial charge in [0.1, 0.15) is 0 Å². The first kappa shape index (κ1) is 16.0. The van der Waals surface area contributed by atoms with Gasteiger partial charge in [0.15, 0.2) is 0 Å². The van der Waals surface area contributed by atoms with Gasteiger partial charge in [0.2, 0.25) is 0 Å². The molecule has 0 amide bonds. The molecule has 2 aliphatic rings. The fourth-order valence-corrected chi connectivity index (χ4v) is 4.86. The topological polar surface area (TPSA) is 27.1 Å². The Morgan fingerprint density at radius 2 is 1.95 bits per heavy atom. The van der Waals surface area contributed by atoms with Gasteiger partial charge in [0, 0.05) is 18.9 Å². The number of ether oxygens (including phenoxy) is 1. The zero-order valence-corrected chi connectivity index (χ0v) is 15.0. The van der Waals surface area contributed by atoms with Gasteiger partial charge in [-0.25, -0.2) is 0 Å². The van der Waals surface area contributed by atoms with Crippen molar-refractivity contribution >= 4 is 0 Å². The summed E-state index contributed by atoms with van der Waals surface area (Å²) in [6.07, 6.45) is 8.04. The molecular formula is C19H32N2O. The Hall–Kier alpha value is -0.830. The molecule has 3 nitrogen and oxygen atoms in total. The van der Waals surface area contributed by atoms with Gasteiger partial charge in [-0.15, -0.1) is 0 Å². The lowest BCUT2D eigenvalue weighted by atomic mass is 9.54. The van der Waals surface area contributed by atoms with Crippen LogP contribution in [0.4, 0.5) is 0 Å². The van der Waals surface area contributed by atoms with Crippen LogP contribution < -0.4 is 0 Å². The highest BCUT2D eigenvalue weighted by molar-refractivity contribution is 5.25. The van der Waals surface area contributed by atoms with Gasteiger partial charge < -0.3 is 4.74 Å². The van der Waals surface area contributed by atoms with Crippen molar-refractivity contribution in [3.05, 3.63) is 17.5 Å². The van der Waals surface area contributed by atoms with Gasteiger partial charge >= 0.3 is 0 Å². The zero-order valence-electron chi connectivity index (χ0n) is 15.0. The summed E-state index contributed by atoms with van der Waals surface area (Å²) in [5.41, 5.74) is 3.73. The number of hydrogen-bond donors (Lipinski definition) is 0. The second-order valence-electron chi connectivity index (χ2n) is 8.64. The van der Waals surface area contributed by atoms with Crippen molar-refractivity contribution in [2.45, 2.75) is 72.8 Å². The lowest BCUT2D eigenvalue weighted by Gasteiger charge is -2.51. The van der Waals surface area contributed by atoms with Crippen LogP contribution in [0, 0.1) is 16.7 Å². The lowest BCUT2D eigenvalue weighted by molar-refractivity contribution is 0.0132. The van der Waals surface area contributed by atoms with E-state index in [2.05, 4.69) is 45.5 Å². The minimum atomic E-state index is 0.333. The van der Waals surface area contributed by atoms with E-state index in [1.54, 1.807) is 0 Å². The Kier molecular flexibility index (Phi) is 4.13. The van der Waals surface area contributed by atoms with Crippen LogP contribution in [-0.4, -0.2) is 23.0 Å². The molecule has 0 radical (unpaired) electrons. The molecule has 0 spiro atoms. The van der Waals surface area contributed by atoms with E-state index >= 15 is 0 Å². The molecule has 1 aromatic heterocycles. The molecule has 0 bridgehead atoms. The summed E-state index contributed by atoms with van der Waals surface area (Å²) >= 11 is 0. The van der Waals surface area contributed by atoms with Crippen LogP contribution in [0.5, 0.6) is 0 Å². The monoisotopic (exact) mass is 304 g/mol. The van der Waals surface area contributed by atoms with Gasteiger partial charge in [-0.05, 0) is 54.4 Å². The number of rotatable bonds is 2. The first-order valence-corrected chi connectivity index (χ1v) is 8.98. The van der Waals surface area contributed by atoms with Crippen molar-refractivity contribution in [1.82, 2.24) is 9.78 Å². The van der Waals surface area contributed by atoms with Crippen molar-refractivity contribution in [2.24, 2.45) is 16.7 Å². The molecule has 1 atom stereocenters. The molecular weight excluding hydrogens is 272 g/mol. The number of nitrogens with zero attached hydrogens (tertiary/aromatic N) is 2. The average molecular weight is 304 g/mol. The van der Waals surface area contributed by atoms with Crippen molar-refractivity contribution in [1.29, 1.82) is 0 Å². The van der Waals surface area contributed by atoms with Crippen molar-refractivity contribution in [3.8, 4) is 0 Å². The third-order valence-corrected chi connectivity index (χ3v) is 6.43. The Balaban J connectivity index is 1.90. The third kappa shape index (κ3) is 2.51. The second kappa shape index (κ2) is 5.67. The average Bonchev–Trinajstić information content (AvgIpc) is 2.89. The van der Waals surface area contributed by atoms with E-state index < -0.39 is 0 Å². The summed E-state index contributed by atoms with van der Waals surface area (Å²) in [5, 5.41) is 4.79. The Morgan fingerprint density at radius 1 is 1.27 bits per heavy atom. The molecule has 1 fully saturated rings. The first-order valence-electron chi connectivity index (χ1n) is 8.98. The van der Waals surface area contributed by atoms with E-state index in [-0.39, 0.29) is 0 Å². The normalized spacial score (nSPS) is 27.2. The van der Waals surface area contributed by atoms with Crippen molar-refractivity contribution < 1.29 is 4.74 Å². The van der Waals surface area contributed by atoms with Crippen LogP contribution in [0.2, 0.25) is 0 Å². The number of fused-ring (bicyclic) bond motifs is 1. The molecule has 3 rings (SSSR count). The largest absolute Gasteiger partial charge is 0.381 e. The fraction of sp³-hybridized carbons (Fsp3) is 0.842. The van der Waals surface area contributed by atoms with Crippen LogP contribution in [0.15, 0.2) is 6.20 Å². The highest BCUT2D eigenvalue weighted by Gasteiger charge is 2.47. The molecule has 0 saturated carbocycles. The number of hydrogen-bond acceptors (Lipinski definition) is 2. The van der Waals surface area contributed by atoms with E-state index in [1.165, 1.54) is 30.5 Å². The standard InChI is InChI=1S/C19H32N2O/c1-14(2)19(18(3,4)5)9-6-17-15(12-19)13-20-21(17)16-7-10-22-11-8-16/h13-14,16H,6-12H2,1-5H3. The molecule has 1 unspecified atom stereocenters. The van der Waals surface area contributed by atoms with Crippen molar-refractivity contribution in [3.63, 3.8) is 0 Å². The second-order valence-corrected chi connectivity index (χ2v) is 8.64. The van der Waals surface area contributed by atoms with Crippen molar-refractivity contribution in [2.75, 3.05) is 13.2 Å². The van der Waals surface area contributed by atoms with Gasteiger partial charge in [-0.2, -0.15) is 5.10 Å². The van der Waals surface area contributed by atoms with E-state index in [0.29, 0.717) is 22.8 Å². The maximum absolute atomic E-state index is 5.51. The minimum Gasteiger partial charge on any atom is -0.381 e. The van der Waals surface area contributed by atoms with E-state index in [0.717, 1.165) is 26.1 Å². The molecule has 3 heteroatoms. The summed E-state index contributed by atoms with van der Waals surface area (Å²) in [7, 11) is 0. The quantitative estimate of drug-likeness (QED) is 0.809. The Morgan fingerprint density at radius 3 is 2.55 bits per heavy atom. The van der Waals surface area contributed by atoms with Crippen LogP contribution in [-0.2, 0) is 17.6 Å². The Bertz CT molecular complexity index is 520. The van der Waals surface area contributed by atoms with Crippen LogP contribution in [0.3, 0.4) is 0 Å². The third-order valence-electron chi connectivity index (χ3n) is 6.43. The van der Waals surface area contributed by atoms with Crippen LogP contribution in [0.25, 0.3) is 0 Å². The van der Waals surface area contributed by atoms with E-state index in [4.69, 9.17) is 9.84 Å². The van der Waals surface area contributed by atoms with Gasteiger partial charge in [0.25, 0.3) is 0 Å². The molecule has 2 heterocycles. The van der Waals surface area contributed by atoms with Crippen LogP contribution in [0.1, 0.15) is 71.2 Å². The summed E-state index contributed by atoms with van der Waals surface area (Å²) in [6, 6.07) is 0.554. The first-order chi connectivity index (χ1) is 10.3. The maximum Gasteiger partial charge on any atom is 0.0566 e. The summed E-state index contributed by atoms with van der Waals surface area (Å²) < 4.78 is 7.85. The van der Waals surface area contributed by atoms with Gasteiger partial charge in [-0.3, -0.25) is 4.68 Å².